The summed E-state index contributed by atoms with van der Waals surface area (Å²) in [6.45, 7) is 2.28. The zero-order valence-electron chi connectivity index (χ0n) is 20.5. The summed E-state index contributed by atoms with van der Waals surface area (Å²) in [7, 11) is 0. The van der Waals surface area contributed by atoms with E-state index in [2.05, 4.69) is 6.92 Å². The van der Waals surface area contributed by atoms with E-state index in [1.165, 1.54) is 122 Å². The molecule has 0 aromatic carbocycles. The second kappa shape index (κ2) is 20.0. The highest BCUT2D eigenvalue weighted by Crippen LogP contribution is 2.21. The molecule has 0 spiro atoms. The summed E-state index contributed by atoms with van der Waals surface area (Å²) in [6, 6.07) is 0. The van der Waals surface area contributed by atoms with Gasteiger partial charge in [0.2, 0.25) is 0 Å². The van der Waals surface area contributed by atoms with E-state index in [0.717, 1.165) is 12.8 Å². The molecule has 0 bridgehead atoms. The maximum atomic E-state index is 11.2. The van der Waals surface area contributed by atoms with Crippen LogP contribution in [0.2, 0.25) is 0 Å². The zero-order chi connectivity index (χ0) is 22.6. The van der Waals surface area contributed by atoms with E-state index < -0.39 is 24.3 Å². The van der Waals surface area contributed by atoms with Gasteiger partial charge in [0.1, 0.15) is 12.2 Å². The van der Waals surface area contributed by atoms with E-state index in [9.17, 15) is 15.0 Å². The molecule has 1 aliphatic rings. The second-order valence-electron chi connectivity index (χ2n) is 9.77. The van der Waals surface area contributed by atoms with Crippen molar-refractivity contribution in [3.8, 4) is 0 Å². The first-order chi connectivity index (χ1) is 15.2. The molecule has 1 rings (SSSR count). The first-order valence-electron chi connectivity index (χ1n) is 13.7. The number of rotatable bonds is 22. The van der Waals surface area contributed by atoms with Crippen molar-refractivity contribution >= 4 is 5.97 Å². The van der Waals surface area contributed by atoms with Gasteiger partial charge in [-0.05, 0) is 12.8 Å². The lowest BCUT2D eigenvalue weighted by molar-refractivity contribution is -0.147. The molecule has 0 amide bonds. The largest absolute Gasteiger partial charge is 0.457 e. The third-order valence-electron chi connectivity index (χ3n) is 6.81. The molecule has 3 unspecified atom stereocenters. The Morgan fingerprint density at radius 3 is 1.19 bits per heavy atom. The van der Waals surface area contributed by atoms with E-state index >= 15 is 0 Å². The minimum absolute atomic E-state index is 0.511. The Kier molecular flexibility index (Phi) is 18.4. The third-order valence-corrected chi connectivity index (χ3v) is 6.81. The molecular weight excluding hydrogens is 388 g/mol. The molecule has 0 aromatic heterocycles. The molecule has 0 aliphatic carbocycles. The van der Waals surface area contributed by atoms with Crippen LogP contribution < -0.4 is 0 Å². The standard InChI is InChI=1S/C27H52O4/c1-2-3-4-5-6-7-8-9-10-11-12-13-14-15-16-17-18-19-20-21-22-23-24-25(28)26(29)27(30)31-24/h24-26,28-29H,2-23H2,1H3. The molecule has 4 heteroatoms. The number of aliphatic hydroxyl groups excluding tert-OH is 2. The van der Waals surface area contributed by atoms with Crippen molar-refractivity contribution in [1.82, 2.24) is 0 Å². The van der Waals surface area contributed by atoms with Crippen LogP contribution in [-0.2, 0) is 9.53 Å². The average Bonchev–Trinajstić information content (AvgIpc) is 3.01. The lowest BCUT2D eigenvalue weighted by atomic mass is 10.0. The maximum Gasteiger partial charge on any atom is 0.338 e. The van der Waals surface area contributed by atoms with E-state index in [1.807, 2.05) is 0 Å². The van der Waals surface area contributed by atoms with Crippen molar-refractivity contribution in [2.75, 3.05) is 0 Å². The van der Waals surface area contributed by atoms with Crippen molar-refractivity contribution in [2.45, 2.75) is 166 Å². The van der Waals surface area contributed by atoms with Crippen LogP contribution in [-0.4, -0.2) is 34.5 Å². The number of carbonyl (C=O) groups excluding carboxylic acids is 1. The van der Waals surface area contributed by atoms with Crippen LogP contribution in [0, 0.1) is 0 Å². The van der Waals surface area contributed by atoms with E-state index in [1.54, 1.807) is 0 Å². The fourth-order valence-corrected chi connectivity index (χ4v) is 4.64. The average molecular weight is 441 g/mol. The van der Waals surface area contributed by atoms with Crippen LogP contribution in [0.1, 0.15) is 148 Å². The van der Waals surface area contributed by atoms with Gasteiger partial charge in [-0.3, -0.25) is 0 Å². The van der Waals surface area contributed by atoms with Crippen molar-refractivity contribution in [3.63, 3.8) is 0 Å². The predicted molar refractivity (Wildman–Crippen MR) is 129 cm³/mol. The SMILES string of the molecule is CCCCCCCCCCCCCCCCCCCCCCCC1OC(=O)C(O)C1O. The van der Waals surface area contributed by atoms with Crippen molar-refractivity contribution in [3.05, 3.63) is 0 Å². The number of ether oxygens (including phenoxy) is 1. The lowest BCUT2D eigenvalue weighted by Gasteiger charge is -2.12. The highest BCUT2D eigenvalue weighted by molar-refractivity contribution is 5.77. The van der Waals surface area contributed by atoms with Crippen molar-refractivity contribution in [2.24, 2.45) is 0 Å². The monoisotopic (exact) mass is 440 g/mol. The molecule has 31 heavy (non-hydrogen) atoms. The summed E-state index contributed by atoms with van der Waals surface area (Å²) in [6.07, 6.45) is 26.3. The molecule has 4 nitrogen and oxygen atoms in total. The van der Waals surface area contributed by atoms with Crippen LogP contribution in [0.4, 0.5) is 0 Å². The number of hydrogen-bond donors (Lipinski definition) is 2. The molecule has 1 saturated heterocycles. The first-order valence-corrected chi connectivity index (χ1v) is 13.7. The van der Waals surface area contributed by atoms with Gasteiger partial charge in [0.05, 0.1) is 0 Å². The molecule has 3 atom stereocenters. The quantitative estimate of drug-likeness (QED) is 0.138. The van der Waals surface area contributed by atoms with Crippen LogP contribution in [0.3, 0.4) is 0 Å². The maximum absolute atomic E-state index is 11.2. The van der Waals surface area contributed by atoms with Gasteiger partial charge in [0, 0.05) is 0 Å². The Labute approximate surface area is 192 Å². The highest BCUT2D eigenvalue weighted by atomic mass is 16.6. The Bertz CT molecular complexity index is 412. The van der Waals surface area contributed by atoms with Crippen molar-refractivity contribution < 1.29 is 19.7 Å². The van der Waals surface area contributed by atoms with Gasteiger partial charge in [0.15, 0.2) is 6.10 Å². The van der Waals surface area contributed by atoms with Gasteiger partial charge in [-0.1, -0.05) is 135 Å². The Morgan fingerprint density at radius 2 is 0.903 bits per heavy atom. The van der Waals surface area contributed by atoms with Gasteiger partial charge >= 0.3 is 5.97 Å². The molecular formula is C27H52O4. The number of unbranched alkanes of at least 4 members (excludes halogenated alkanes) is 20. The van der Waals surface area contributed by atoms with Crippen LogP contribution in [0.25, 0.3) is 0 Å². The summed E-state index contributed by atoms with van der Waals surface area (Å²) < 4.78 is 4.99. The van der Waals surface area contributed by atoms with Gasteiger partial charge in [-0.15, -0.1) is 0 Å². The Balaban J connectivity index is 1.70. The smallest absolute Gasteiger partial charge is 0.338 e. The van der Waals surface area contributed by atoms with E-state index in [4.69, 9.17) is 4.74 Å². The number of carbonyl (C=O) groups is 1. The molecule has 1 aliphatic heterocycles. The van der Waals surface area contributed by atoms with Gasteiger partial charge in [-0.2, -0.15) is 0 Å². The van der Waals surface area contributed by atoms with Crippen LogP contribution >= 0.6 is 0 Å². The molecule has 0 saturated carbocycles. The number of esters is 1. The lowest BCUT2D eigenvalue weighted by Crippen LogP contribution is -2.30. The molecule has 0 radical (unpaired) electrons. The summed E-state index contributed by atoms with van der Waals surface area (Å²) >= 11 is 0. The Morgan fingerprint density at radius 1 is 0.581 bits per heavy atom. The summed E-state index contributed by atoms with van der Waals surface area (Å²) in [5.74, 6) is -0.680. The molecule has 2 N–H and O–H groups in total. The first kappa shape index (κ1) is 28.4. The number of hydrogen-bond acceptors (Lipinski definition) is 4. The topological polar surface area (TPSA) is 66.8 Å². The van der Waals surface area contributed by atoms with E-state index in [-0.39, 0.29) is 0 Å². The normalized spacial score (nSPS) is 21.0. The third kappa shape index (κ3) is 15.0. The number of aliphatic hydroxyl groups is 2. The minimum Gasteiger partial charge on any atom is -0.457 e. The van der Waals surface area contributed by atoms with Gasteiger partial charge in [-0.25, -0.2) is 4.79 Å². The zero-order valence-corrected chi connectivity index (χ0v) is 20.5. The van der Waals surface area contributed by atoms with Crippen LogP contribution in [0.5, 0.6) is 0 Å². The molecule has 184 valence electrons. The summed E-state index contributed by atoms with van der Waals surface area (Å²) in [5, 5.41) is 19.1. The van der Waals surface area contributed by atoms with Crippen molar-refractivity contribution in [1.29, 1.82) is 0 Å². The molecule has 0 aromatic rings. The number of cyclic esters (lactones) is 1. The highest BCUT2D eigenvalue weighted by Gasteiger charge is 2.41. The van der Waals surface area contributed by atoms with E-state index in [0.29, 0.717) is 6.42 Å². The fraction of sp³-hybridized carbons (Fsp3) is 0.963. The summed E-state index contributed by atoms with van der Waals surface area (Å²) in [4.78, 5) is 11.2. The predicted octanol–water partition coefficient (Wildman–Crippen LogP) is 7.24. The fourth-order valence-electron chi connectivity index (χ4n) is 4.64. The van der Waals surface area contributed by atoms with Gasteiger partial charge < -0.3 is 14.9 Å². The van der Waals surface area contributed by atoms with Gasteiger partial charge in [0.25, 0.3) is 0 Å². The van der Waals surface area contributed by atoms with Crippen LogP contribution in [0.15, 0.2) is 0 Å². The Hall–Kier alpha value is -0.610. The minimum atomic E-state index is -1.35. The molecule has 1 fully saturated rings. The second-order valence-corrected chi connectivity index (χ2v) is 9.77. The molecule has 1 heterocycles. The summed E-state index contributed by atoms with van der Waals surface area (Å²) in [5.41, 5.74) is 0.